The third-order valence-electron chi connectivity index (χ3n) is 6.14. The van der Waals surface area contributed by atoms with Gasteiger partial charge >= 0.3 is 0 Å². The van der Waals surface area contributed by atoms with Crippen LogP contribution in [0.5, 0.6) is 0 Å². The summed E-state index contributed by atoms with van der Waals surface area (Å²) in [6, 6.07) is 16.3. The molecule has 0 saturated heterocycles. The van der Waals surface area contributed by atoms with Crippen LogP contribution in [0.2, 0.25) is 0 Å². The first kappa shape index (κ1) is 20.7. The largest absolute Gasteiger partial charge is 0.366 e. The molecule has 0 atom stereocenters. The summed E-state index contributed by atoms with van der Waals surface area (Å²) in [4.78, 5) is 38.7. The number of H-pyrrole nitrogens is 1. The minimum atomic E-state index is -0.539. The molecule has 35 heavy (non-hydrogen) atoms. The maximum absolute atomic E-state index is 13.4. The average Bonchev–Trinajstić information content (AvgIpc) is 3.53. The fourth-order valence-electron chi connectivity index (χ4n) is 4.40. The van der Waals surface area contributed by atoms with Crippen molar-refractivity contribution in [1.82, 2.24) is 34.6 Å². The Labute approximate surface area is 199 Å². The molecule has 172 valence electrons. The van der Waals surface area contributed by atoms with E-state index in [0.717, 1.165) is 22.8 Å². The van der Waals surface area contributed by atoms with Crippen LogP contribution in [0.25, 0.3) is 33.8 Å². The highest BCUT2D eigenvalue weighted by Crippen LogP contribution is 2.25. The van der Waals surface area contributed by atoms with Gasteiger partial charge in [0, 0.05) is 42.2 Å². The Balaban J connectivity index is 1.27. The van der Waals surface area contributed by atoms with Crippen molar-refractivity contribution >= 4 is 22.8 Å². The molecule has 0 fully saturated rings. The summed E-state index contributed by atoms with van der Waals surface area (Å²) >= 11 is 0. The normalized spacial score (nSPS) is 13.1. The van der Waals surface area contributed by atoms with Gasteiger partial charge in [-0.2, -0.15) is 0 Å². The zero-order valence-electron chi connectivity index (χ0n) is 18.5. The molecule has 2 amide bonds. The first-order valence-corrected chi connectivity index (χ1v) is 11.1. The summed E-state index contributed by atoms with van der Waals surface area (Å²) in [6.07, 6.45) is 3.44. The molecule has 0 unspecified atom stereocenters. The molecule has 10 nitrogen and oxygen atoms in total. The van der Waals surface area contributed by atoms with Crippen LogP contribution in [0, 0.1) is 0 Å². The number of carbonyl (C=O) groups is 2. The van der Waals surface area contributed by atoms with Gasteiger partial charge < -0.3 is 20.2 Å². The number of nitrogens with one attached hydrogen (secondary N) is 1. The van der Waals surface area contributed by atoms with Crippen LogP contribution in [0.15, 0.2) is 67.0 Å². The van der Waals surface area contributed by atoms with Gasteiger partial charge in [-0.1, -0.05) is 18.2 Å². The monoisotopic (exact) mass is 464 g/mol. The quantitative estimate of drug-likeness (QED) is 0.420. The number of nitrogens with zero attached hydrogens (tertiary/aromatic N) is 6. The molecular weight excluding hydrogens is 444 g/mol. The number of imidazole rings is 1. The van der Waals surface area contributed by atoms with E-state index in [9.17, 15) is 9.59 Å². The van der Waals surface area contributed by atoms with Crippen LogP contribution < -0.4 is 5.73 Å². The van der Waals surface area contributed by atoms with Crippen LogP contribution in [-0.4, -0.2) is 53.0 Å². The summed E-state index contributed by atoms with van der Waals surface area (Å²) < 4.78 is 2.04. The maximum Gasteiger partial charge on any atom is 0.254 e. The van der Waals surface area contributed by atoms with E-state index >= 15 is 0 Å². The maximum atomic E-state index is 13.4. The van der Waals surface area contributed by atoms with E-state index in [1.54, 1.807) is 41.6 Å². The Kier molecular flexibility index (Phi) is 4.84. The molecule has 0 bridgehead atoms. The summed E-state index contributed by atoms with van der Waals surface area (Å²) in [7, 11) is 0. The number of nitrogens with two attached hydrogens (primary N) is 1. The summed E-state index contributed by atoms with van der Waals surface area (Å²) in [5.41, 5.74) is 9.26. The van der Waals surface area contributed by atoms with Gasteiger partial charge in [-0.05, 0) is 36.4 Å². The molecule has 6 rings (SSSR count). The highest BCUT2D eigenvalue weighted by molar-refractivity contribution is 6.04. The smallest absolute Gasteiger partial charge is 0.254 e. The summed E-state index contributed by atoms with van der Waals surface area (Å²) in [5, 5.41) is 8.65. The highest BCUT2D eigenvalue weighted by atomic mass is 16.2. The molecule has 2 aromatic carbocycles. The van der Waals surface area contributed by atoms with Crippen LogP contribution in [0.4, 0.5) is 0 Å². The third kappa shape index (κ3) is 3.61. The molecule has 1 aliphatic rings. The van der Waals surface area contributed by atoms with Gasteiger partial charge in [-0.25, -0.2) is 4.98 Å². The lowest BCUT2D eigenvalue weighted by Crippen LogP contribution is -2.38. The van der Waals surface area contributed by atoms with Crippen molar-refractivity contribution in [3.8, 4) is 22.8 Å². The predicted molar refractivity (Wildman–Crippen MR) is 128 cm³/mol. The fraction of sp³-hybridized carbons (Fsp3) is 0.120. The Bertz CT molecular complexity index is 1590. The van der Waals surface area contributed by atoms with Gasteiger partial charge in [-0.15, -0.1) is 10.2 Å². The van der Waals surface area contributed by atoms with E-state index in [4.69, 9.17) is 5.73 Å². The van der Waals surface area contributed by atoms with E-state index in [1.165, 1.54) is 0 Å². The van der Waals surface area contributed by atoms with Crippen molar-refractivity contribution < 1.29 is 9.59 Å². The number of aromatic nitrogens is 6. The first-order chi connectivity index (χ1) is 17.1. The summed E-state index contributed by atoms with van der Waals surface area (Å²) in [5.74, 6) is 1.44. The molecule has 0 radical (unpaired) electrons. The van der Waals surface area contributed by atoms with Crippen molar-refractivity contribution in [3.63, 3.8) is 0 Å². The first-order valence-electron chi connectivity index (χ1n) is 11.1. The minimum Gasteiger partial charge on any atom is -0.366 e. The van der Waals surface area contributed by atoms with E-state index in [1.807, 2.05) is 34.9 Å². The number of carbonyl (C=O) groups excluding carboxylic acids is 2. The SMILES string of the molecule is NC(=O)c1cccc2[nH]c(-c3cccc(C(=O)N4CCn5c(nnc5-c5ccncc5)C4)c3)nc12. The number of amides is 2. The number of hydrogen-bond acceptors (Lipinski definition) is 6. The van der Waals surface area contributed by atoms with Crippen LogP contribution >= 0.6 is 0 Å². The fourth-order valence-corrected chi connectivity index (χ4v) is 4.40. The van der Waals surface area contributed by atoms with Crippen LogP contribution in [-0.2, 0) is 13.1 Å². The molecule has 0 spiro atoms. The Morgan fingerprint density at radius 2 is 1.77 bits per heavy atom. The number of pyridine rings is 1. The number of rotatable bonds is 4. The molecule has 3 aromatic heterocycles. The Morgan fingerprint density at radius 1 is 0.943 bits per heavy atom. The Hall–Kier alpha value is -4.86. The second kappa shape index (κ2) is 8.17. The van der Waals surface area contributed by atoms with E-state index in [0.29, 0.717) is 47.6 Å². The number of aromatic amines is 1. The zero-order valence-corrected chi connectivity index (χ0v) is 18.5. The van der Waals surface area contributed by atoms with Gasteiger partial charge in [0.15, 0.2) is 11.6 Å². The highest BCUT2D eigenvalue weighted by Gasteiger charge is 2.26. The molecule has 10 heteroatoms. The second-order valence-electron chi connectivity index (χ2n) is 8.29. The standard InChI is InChI=1S/C25H20N8O2/c26-22(34)18-5-2-6-19-21(18)29-23(28-19)16-3-1-4-17(13-16)25(35)32-11-12-33-20(14-32)30-31-24(33)15-7-9-27-10-8-15/h1-10,13H,11-12,14H2,(H2,26,34)(H,28,29). The Morgan fingerprint density at radius 3 is 2.60 bits per heavy atom. The third-order valence-corrected chi connectivity index (χ3v) is 6.14. The van der Waals surface area contributed by atoms with Crippen molar-refractivity contribution in [2.45, 2.75) is 13.1 Å². The second-order valence-corrected chi connectivity index (χ2v) is 8.29. The van der Waals surface area contributed by atoms with Crippen molar-refractivity contribution in [2.75, 3.05) is 6.54 Å². The summed E-state index contributed by atoms with van der Waals surface area (Å²) in [6.45, 7) is 1.51. The molecule has 0 saturated carbocycles. The van der Waals surface area contributed by atoms with E-state index in [-0.39, 0.29) is 5.91 Å². The average molecular weight is 464 g/mol. The molecule has 5 aromatic rings. The number of benzene rings is 2. The molecule has 4 heterocycles. The van der Waals surface area contributed by atoms with Gasteiger partial charge in [0.1, 0.15) is 11.3 Å². The lowest BCUT2D eigenvalue weighted by atomic mass is 10.1. The van der Waals surface area contributed by atoms with Crippen molar-refractivity contribution in [3.05, 3.63) is 83.9 Å². The molecule has 1 aliphatic heterocycles. The topological polar surface area (TPSA) is 136 Å². The van der Waals surface area contributed by atoms with Gasteiger partial charge in [0.05, 0.1) is 17.6 Å². The van der Waals surface area contributed by atoms with E-state index < -0.39 is 5.91 Å². The van der Waals surface area contributed by atoms with Gasteiger partial charge in [-0.3, -0.25) is 14.6 Å². The number of primary amides is 1. The van der Waals surface area contributed by atoms with Crippen LogP contribution in [0.1, 0.15) is 26.5 Å². The number of hydrogen-bond donors (Lipinski definition) is 2. The lowest BCUT2D eigenvalue weighted by Gasteiger charge is -2.28. The molecule has 0 aliphatic carbocycles. The molecular formula is C25H20N8O2. The van der Waals surface area contributed by atoms with Gasteiger partial charge in [0.25, 0.3) is 11.8 Å². The minimum absolute atomic E-state index is 0.0968. The number of para-hydroxylation sites is 1. The van der Waals surface area contributed by atoms with Crippen LogP contribution in [0.3, 0.4) is 0 Å². The predicted octanol–water partition coefficient (Wildman–Crippen LogP) is 2.64. The van der Waals surface area contributed by atoms with Gasteiger partial charge in [0.2, 0.25) is 0 Å². The number of fused-ring (bicyclic) bond motifs is 2. The van der Waals surface area contributed by atoms with Crippen molar-refractivity contribution in [2.24, 2.45) is 5.73 Å². The molecule has 3 N–H and O–H groups in total. The zero-order chi connectivity index (χ0) is 23.9. The lowest BCUT2D eigenvalue weighted by molar-refractivity contribution is 0.0708. The van der Waals surface area contributed by atoms with Crippen molar-refractivity contribution in [1.29, 1.82) is 0 Å². The van der Waals surface area contributed by atoms with E-state index in [2.05, 4.69) is 25.1 Å².